The molecule has 1 saturated carbocycles. The number of aromatic nitrogens is 2. The van der Waals surface area contributed by atoms with E-state index >= 15 is 0 Å². The molecule has 1 aromatic heterocycles. The molecule has 12 heteroatoms. The molecule has 0 saturated heterocycles. The summed E-state index contributed by atoms with van der Waals surface area (Å²) < 4.78 is 62.9. The number of hydrogen-bond donors (Lipinski definition) is 0. The molecule has 1 aliphatic carbocycles. The number of benzene rings is 2. The van der Waals surface area contributed by atoms with Crippen molar-refractivity contribution in [1.82, 2.24) is 14.8 Å². The van der Waals surface area contributed by atoms with Crippen molar-refractivity contribution in [2.75, 3.05) is 13.6 Å². The Morgan fingerprint density at radius 3 is 2.44 bits per heavy atom. The lowest BCUT2D eigenvalue weighted by Gasteiger charge is -2.29. The Hall–Kier alpha value is -4.48. The van der Waals surface area contributed by atoms with E-state index in [4.69, 9.17) is 24.0 Å². The van der Waals surface area contributed by atoms with Crippen molar-refractivity contribution in [3.63, 3.8) is 0 Å². The van der Waals surface area contributed by atoms with Crippen LogP contribution >= 0.6 is 0 Å². The van der Waals surface area contributed by atoms with Gasteiger partial charge >= 0.3 is 6.18 Å². The van der Waals surface area contributed by atoms with Gasteiger partial charge in [-0.15, -0.1) is 0 Å². The Kier molecular flexibility index (Phi) is 5.95. The molecule has 0 radical (unpaired) electrons. The highest BCUT2D eigenvalue weighted by Crippen LogP contribution is 2.47. The van der Waals surface area contributed by atoms with Crippen molar-refractivity contribution < 1.29 is 36.9 Å². The predicted molar refractivity (Wildman–Crippen MR) is 139 cm³/mol. The van der Waals surface area contributed by atoms with Crippen molar-refractivity contribution in [2.45, 2.75) is 44.9 Å². The summed E-state index contributed by atoms with van der Waals surface area (Å²) in [4.78, 5) is 13.8. The van der Waals surface area contributed by atoms with E-state index in [-0.39, 0.29) is 31.7 Å². The van der Waals surface area contributed by atoms with Crippen LogP contribution in [0.2, 0.25) is 0 Å². The molecule has 1 amide bonds. The van der Waals surface area contributed by atoms with Gasteiger partial charge in [-0.3, -0.25) is 9.48 Å². The first-order valence-corrected chi connectivity index (χ1v) is 13.3. The van der Waals surface area contributed by atoms with Gasteiger partial charge in [-0.2, -0.15) is 23.4 Å². The van der Waals surface area contributed by atoms with Crippen LogP contribution in [0.3, 0.4) is 0 Å². The Morgan fingerprint density at radius 1 is 1.00 bits per heavy atom. The van der Waals surface area contributed by atoms with Gasteiger partial charge in [0.15, 0.2) is 28.7 Å². The number of aryl methyl sites for hydroxylation is 1. The lowest BCUT2D eigenvalue weighted by Crippen LogP contribution is -2.34. The number of ether oxygens (including phenoxy) is 4. The van der Waals surface area contributed by atoms with E-state index in [9.17, 15) is 18.0 Å². The largest absolute Gasteiger partial charge is 0.454 e. The fourth-order valence-electron chi connectivity index (χ4n) is 5.85. The summed E-state index contributed by atoms with van der Waals surface area (Å²) in [6.07, 6.45) is -0.112. The lowest BCUT2D eigenvalue weighted by molar-refractivity contribution is -0.142. The minimum Gasteiger partial charge on any atom is -0.454 e. The lowest BCUT2D eigenvalue weighted by atomic mass is 9.77. The fourth-order valence-corrected chi connectivity index (χ4v) is 5.85. The molecule has 0 N–H and O–H groups in total. The van der Waals surface area contributed by atoms with Gasteiger partial charge in [-0.25, -0.2) is 5.01 Å². The first-order valence-electron chi connectivity index (χ1n) is 13.3. The first-order chi connectivity index (χ1) is 19.7. The number of halogens is 3. The van der Waals surface area contributed by atoms with Crippen LogP contribution in [-0.4, -0.2) is 40.0 Å². The molecule has 0 bridgehead atoms. The van der Waals surface area contributed by atoms with E-state index in [2.05, 4.69) is 5.10 Å². The number of alkyl halides is 3. The zero-order valence-corrected chi connectivity index (χ0v) is 22.0. The quantitative estimate of drug-likeness (QED) is 0.415. The summed E-state index contributed by atoms with van der Waals surface area (Å²) in [5.74, 6) is 1.98. The van der Waals surface area contributed by atoms with E-state index in [0.29, 0.717) is 23.0 Å². The van der Waals surface area contributed by atoms with Crippen LogP contribution in [0, 0.1) is 12.8 Å². The third-order valence-corrected chi connectivity index (χ3v) is 7.79. The molecular formula is C29H25F3N4O5. The van der Waals surface area contributed by atoms with Crippen molar-refractivity contribution in [3.05, 3.63) is 70.6 Å². The molecular weight excluding hydrogens is 541 g/mol. The van der Waals surface area contributed by atoms with Gasteiger partial charge < -0.3 is 18.9 Å². The van der Waals surface area contributed by atoms with E-state index < -0.39 is 23.8 Å². The number of amides is 1. The molecule has 2 atom stereocenters. The van der Waals surface area contributed by atoms with Crippen LogP contribution in [0.1, 0.15) is 47.8 Å². The number of rotatable bonds is 4. The van der Waals surface area contributed by atoms with Crippen LogP contribution in [0.5, 0.6) is 23.0 Å². The monoisotopic (exact) mass is 566 g/mol. The highest BCUT2D eigenvalue weighted by Gasteiger charge is 2.44. The van der Waals surface area contributed by atoms with Crippen molar-refractivity contribution in [1.29, 1.82) is 0 Å². The summed E-state index contributed by atoms with van der Waals surface area (Å²) in [6.45, 7) is 1.40. The van der Waals surface area contributed by atoms with Crippen LogP contribution < -0.4 is 18.9 Å². The molecule has 3 aromatic rings. The molecule has 4 heterocycles. The second kappa shape index (κ2) is 9.57. The molecule has 0 spiro atoms. The summed E-state index contributed by atoms with van der Waals surface area (Å²) >= 11 is 0. The Bertz CT molecular complexity index is 1610. The summed E-state index contributed by atoms with van der Waals surface area (Å²) in [6, 6.07) is 11.7. The number of hydrogen-bond acceptors (Lipinski definition) is 7. The zero-order chi connectivity index (χ0) is 28.3. The molecule has 212 valence electrons. The highest BCUT2D eigenvalue weighted by molar-refractivity contribution is 6.08. The number of carbonyl (C=O) groups is 1. The third-order valence-electron chi connectivity index (χ3n) is 7.79. The fraction of sp³-hybridized carbons (Fsp3) is 0.345. The normalized spacial score (nSPS) is 21.8. The molecule has 41 heavy (non-hydrogen) atoms. The predicted octanol–water partition coefficient (Wildman–Crippen LogP) is 5.49. The maximum atomic E-state index is 13.8. The Labute approximate surface area is 232 Å². The van der Waals surface area contributed by atoms with Crippen molar-refractivity contribution in [3.8, 4) is 23.0 Å². The van der Waals surface area contributed by atoms with E-state index in [1.807, 2.05) is 36.4 Å². The highest BCUT2D eigenvalue weighted by atomic mass is 19.4. The van der Waals surface area contributed by atoms with Crippen molar-refractivity contribution in [2.24, 2.45) is 11.0 Å². The average Bonchev–Trinajstić information content (AvgIpc) is 3.73. The topological polar surface area (TPSA) is 87.4 Å². The maximum Gasteiger partial charge on any atom is 0.435 e. The van der Waals surface area contributed by atoms with Gasteiger partial charge in [0.1, 0.15) is 6.54 Å². The molecule has 2 aromatic carbocycles. The first kappa shape index (κ1) is 25.5. The smallest absolute Gasteiger partial charge is 0.435 e. The second-order valence-electron chi connectivity index (χ2n) is 10.4. The second-order valence-corrected chi connectivity index (χ2v) is 10.4. The number of allylic oxidation sites excluding steroid dienone is 1. The van der Waals surface area contributed by atoms with E-state index in [0.717, 1.165) is 52.4 Å². The number of carbonyl (C=O) groups excluding carboxylic acids is 1. The number of hydrazone groups is 1. The molecule has 4 aliphatic rings. The van der Waals surface area contributed by atoms with Gasteiger partial charge in [0.05, 0.1) is 11.8 Å². The van der Waals surface area contributed by atoms with Crippen molar-refractivity contribution >= 4 is 17.7 Å². The molecule has 1 fully saturated rings. The van der Waals surface area contributed by atoms with Crippen LogP contribution in [-0.2, 0) is 17.5 Å². The molecule has 0 unspecified atom stereocenters. The zero-order valence-electron chi connectivity index (χ0n) is 22.0. The SMILES string of the molecule is Cc1cc(C(F)(F)F)nn1CC(=O)N1N=C2/C(=C\c3ccc4c(c3)OCO4)CCC[C@@H]2[C@@H]1c1ccc2c(c1)OCO2. The van der Waals surface area contributed by atoms with Gasteiger partial charge in [0.2, 0.25) is 13.6 Å². The Morgan fingerprint density at radius 2 is 1.71 bits per heavy atom. The average molecular weight is 567 g/mol. The van der Waals surface area contributed by atoms with Gasteiger partial charge in [-0.05, 0) is 79.3 Å². The third kappa shape index (κ3) is 4.56. The molecule has 9 nitrogen and oxygen atoms in total. The summed E-state index contributed by atoms with van der Waals surface area (Å²) in [5, 5.41) is 9.89. The van der Waals surface area contributed by atoms with Gasteiger partial charge in [0.25, 0.3) is 5.91 Å². The van der Waals surface area contributed by atoms with Crippen LogP contribution in [0.4, 0.5) is 13.2 Å². The van der Waals surface area contributed by atoms with Crippen LogP contribution in [0.25, 0.3) is 6.08 Å². The Balaban J connectivity index is 1.25. The maximum absolute atomic E-state index is 13.8. The van der Waals surface area contributed by atoms with Gasteiger partial charge in [-0.1, -0.05) is 12.1 Å². The molecule has 3 aliphatic heterocycles. The summed E-state index contributed by atoms with van der Waals surface area (Å²) in [5.41, 5.74) is 2.71. The van der Waals surface area contributed by atoms with Gasteiger partial charge in [0, 0.05) is 11.6 Å². The summed E-state index contributed by atoms with van der Waals surface area (Å²) in [7, 11) is 0. The standard InChI is InChI=1S/C29H25F3N4O5/c1-16-9-25(29(30,31)32)33-35(16)13-26(37)36-28(19-6-8-22-24(12-19)41-15-39-22)20-4-2-3-18(27(20)34-36)10-17-5-7-21-23(11-17)40-14-38-21/h5-12,20,28H,2-4,13-15H2,1H3/b18-10-/t20-,28-/m0/s1. The van der Waals surface area contributed by atoms with E-state index in [1.165, 1.54) is 11.9 Å². The van der Waals surface area contributed by atoms with Crippen LogP contribution in [0.15, 0.2) is 53.1 Å². The minimum absolute atomic E-state index is 0.111. The van der Waals surface area contributed by atoms with E-state index in [1.54, 1.807) is 6.07 Å². The number of nitrogens with zero attached hydrogens (tertiary/aromatic N) is 4. The minimum atomic E-state index is -4.61. The number of fused-ring (bicyclic) bond motifs is 3. The molecule has 7 rings (SSSR count).